The molecule has 0 radical (unpaired) electrons. The first-order valence-corrected chi connectivity index (χ1v) is 5.29. The summed E-state index contributed by atoms with van der Waals surface area (Å²) in [5, 5.41) is 9.30. The predicted octanol–water partition coefficient (Wildman–Crippen LogP) is 3.02. The molecule has 0 aliphatic rings. The van der Waals surface area contributed by atoms with Crippen molar-refractivity contribution in [3.05, 3.63) is 35.6 Å². The molecule has 0 saturated carbocycles. The summed E-state index contributed by atoms with van der Waals surface area (Å²) in [5.74, 6) is -0.0441. The lowest BCUT2D eigenvalue weighted by molar-refractivity contribution is 0.131. The Balaban J connectivity index is 2.76. The lowest BCUT2D eigenvalue weighted by atomic mass is 9.78. The first-order chi connectivity index (χ1) is 6.93. The number of hydrogen-bond acceptors (Lipinski definition) is 1. The van der Waals surface area contributed by atoms with Crippen LogP contribution in [0.1, 0.15) is 26.3 Å². The highest BCUT2D eigenvalue weighted by Gasteiger charge is 2.23. The molecule has 1 unspecified atom stereocenters. The maximum absolute atomic E-state index is 13.0. The number of benzene rings is 1. The van der Waals surface area contributed by atoms with Gasteiger partial charge in [0, 0.05) is 6.61 Å². The summed E-state index contributed by atoms with van der Waals surface area (Å²) in [5.41, 5.74) is 0.991. The first kappa shape index (κ1) is 12.2. The van der Waals surface area contributed by atoms with Gasteiger partial charge in [-0.2, -0.15) is 0 Å². The fraction of sp³-hybridized carbons (Fsp3) is 0.538. The molecule has 1 aromatic rings. The highest BCUT2D eigenvalue weighted by atomic mass is 19.1. The molecule has 0 aliphatic carbocycles. The van der Waals surface area contributed by atoms with E-state index in [0.717, 1.165) is 12.0 Å². The molecule has 15 heavy (non-hydrogen) atoms. The van der Waals surface area contributed by atoms with Crippen LogP contribution in [-0.2, 0) is 6.42 Å². The molecule has 1 rings (SSSR count). The minimum absolute atomic E-state index is 0.0427. The van der Waals surface area contributed by atoms with Crippen molar-refractivity contribution in [3.8, 4) is 0 Å². The van der Waals surface area contributed by atoms with E-state index in [4.69, 9.17) is 0 Å². The number of halogens is 1. The van der Waals surface area contributed by atoms with Gasteiger partial charge in [-0.05, 0) is 35.4 Å². The zero-order chi connectivity index (χ0) is 11.5. The second kappa shape index (κ2) is 4.75. The Morgan fingerprint density at radius 3 is 2.47 bits per heavy atom. The standard InChI is InChI=1S/C13H19FO/c1-13(2,3)11(9-15)7-10-5-4-6-12(14)8-10/h4-6,8,11,15H,7,9H2,1-3H3. The lowest BCUT2D eigenvalue weighted by Crippen LogP contribution is -2.26. The van der Waals surface area contributed by atoms with Gasteiger partial charge in [0.15, 0.2) is 0 Å². The van der Waals surface area contributed by atoms with Crippen molar-refractivity contribution >= 4 is 0 Å². The first-order valence-electron chi connectivity index (χ1n) is 5.29. The van der Waals surface area contributed by atoms with Crippen LogP contribution in [0.5, 0.6) is 0 Å². The number of hydrogen-bond donors (Lipinski definition) is 1. The second-order valence-electron chi connectivity index (χ2n) is 5.08. The lowest BCUT2D eigenvalue weighted by Gasteiger charge is -2.29. The third kappa shape index (κ3) is 3.63. The minimum atomic E-state index is -0.210. The van der Waals surface area contributed by atoms with Crippen LogP contribution in [0.4, 0.5) is 4.39 Å². The Hall–Kier alpha value is -0.890. The molecule has 0 aromatic heterocycles. The van der Waals surface area contributed by atoms with Gasteiger partial charge in [0.25, 0.3) is 0 Å². The van der Waals surface area contributed by atoms with Crippen LogP contribution in [0.25, 0.3) is 0 Å². The Morgan fingerprint density at radius 1 is 1.33 bits per heavy atom. The van der Waals surface area contributed by atoms with E-state index >= 15 is 0 Å². The number of aliphatic hydroxyl groups is 1. The van der Waals surface area contributed by atoms with Gasteiger partial charge in [0.2, 0.25) is 0 Å². The van der Waals surface area contributed by atoms with Gasteiger partial charge in [0.1, 0.15) is 5.82 Å². The molecule has 0 bridgehead atoms. The highest BCUT2D eigenvalue weighted by molar-refractivity contribution is 5.17. The maximum Gasteiger partial charge on any atom is 0.123 e. The Labute approximate surface area is 90.9 Å². The normalized spacial score (nSPS) is 13.9. The maximum atomic E-state index is 13.0. The summed E-state index contributed by atoms with van der Waals surface area (Å²) in [6.07, 6.45) is 0.720. The molecule has 0 fully saturated rings. The fourth-order valence-corrected chi connectivity index (χ4v) is 1.59. The molecule has 1 N–H and O–H groups in total. The quantitative estimate of drug-likeness (QED) is 0.813. The topological polar surface area (TPSA) is 20.2 Å². The largest absolute Gasteiger partial charge is 0.396 e. The SMILES string of the molecule is CC(C)(C)C(CO)Cc1cccc(F)c1. The van der Waals surface area contributed by atoms with Crippen LogP contribution in [-0.4, -0.2) is 11.7 Å². The molecule has 2 heteroatoms. The van der Waals surface area contributed by atoms with Crippen molar-refractivity contribution in [1.82, 2.24) is 0 Å². The average Bonchev–Trinajstić information content (AvgIpc) is 2.12. The molecule has 0 amide bonds. The van der Waals surface area contributed by atoms with E-state index in [1.807, 2.05) is 6.07 Å². The smallest absolute Gasteiger partial charge is 0.123 e. The molecule has 1 aromatic carbocycles. The van der Waals surface area contributed by atoms with Crippen molar-refractivity contribution in [3.63, 3.8) is 0 Å². The van der Waals surface area contributed by atoms with Crippen molar-refractivity contribution in [2.24, 2.45) is 11.3 Å². The van der Waals surface area contributed by atoms with E-state index in [0.29, 0.717) is 0 Å². The minimum Gasteiger partial charge on any atom is -0.396 e. The van der Waals surface area contributed by atoms with Crippen molar-refractivity contribution in [2.75, 3.05) is 6.61 Å². The van der Waals surface area contributed by atoms with Crippen molar-refractivity contribution < 1.29 is 9.50 Å². The Morgan fingerprint density at radius 2 is 2.00 bits per heavy atom. The van der Waals surface area contributed by atoms with Gasteiger partial charge in [-0.3, -0.25) is 0 Å². The van der Waals surface area contributed by atoms with Crippen LogP contribution in [0, 0.1) is 17.2 Å². The van der Waals surface area contributed by atoms with Crippen LogP contribution >= 0.6 is 0 Å². The third-order valence-corrected chi connectivity index (χ3v) is 2.82. The fourth-order valence-electron chi connectivity index (χ4n) is 1.59. The highest BCUT2D eigenvalue weighted by Crippen LogP contribution is 2.28. The molecule has 0 spiro atoms. The molecule has 0 heterocycles. The summed E-state index contributed by atoms with van der Waals surface area (Å²) in [6.45, 7) is 6.41. The van der Waals surface area contributed by atoms with Gasteiger partial charge < -0.3 is 5.11 Å². The van der Waals surface area contributed by atoms with Crippen LogP contribution in [0.3, 0.4) is 0 Å². The van der Waals surface area contributed by atoms with Gasteiger partial charge in [-0.15, -0.1) is 0 Å². The predicted molar refractivity (Wildman–Crippen MR) is 60.1 cm³/mol. The van der Waals surface area contributed by atoms with Gasteiger partial charge >= 0.3 is 0 Å². The Kier molecular flexibility index (Phi) is 3.86. The summed E-state index contributed by atoms with van der Waals surface area (Å²) in [7, 11) is 0. The summed E-state index contributed by atoms with van der Waals surface area (Å²) in [6, 6.07) is 6.59. The second-order valence-corrected chi connectivity index (χ2v) is 5.08. The Bertz CT molecular complexity index is 315. The van der Waals surface area contributed by atoms with E-state index in [1.165, 1.54) is 12.1 Å². The van der Waals surface area contributed by atoms with E-state index in [9.17, 15) is 9.50 Å². The molecule has 0 saturated heterocycles. The van der Waals surface area contributed by atoms with Gasteiger partial charge in [-0.25, -0.2) is 4.39 Å². The molecule has 84 valence electrons. The van der Waals surface area contributed by atoms with Gasteiger partial charge in [-0.1, -0.05) is 32.9 Å². The summed E-state index contributed by atoms with van der Waals surface area (Å²) in [4.78, 5) is 0. The van der Waals surface area contributed by atoms with Crippen molar-refractivity contribution in [2.45, 2.75) is 27.2 Å². The molecule has 1 nitrogen and oxygen atoms in total. The van der Waals surface area contributed by atoms with E-state index < -0.39 is 0 Å². The third-order valence-electron chi connectivity index (χ3n) is 2.82. The average molecular weight is 210 g/mol. The summed E-state index contributed by atoms with van der Waals surface area (Å²) >= 11 is 0. The molecular formula is C13H19FO. The number of aliphatic hydroxyl groups excluding tert-OH is 1. The number of rotatable bonds is 3. The zero-order valence-electron chi connectivity index (χ0n) is 9.63. The van der Waals surface area contributed by atoms with Crippen LogP contribution in [0.15, 0.2) is 24.3 Å². The van der Waals surface area contributed by atoms with Crippen LogP contribution in [0.2, 0.25) is 0 Å². The monoisotopic (exact) mass is 210 g/mol. The van der Waals surface area contributed by atoms with Crippen molar-refractivity contribution in [1.29, 1.82) is 0 Å². The molecule has 0 aliphatic heterocycles. The van der Waals surface area contributed by atoms with Crippen LogP contribution < -0.4 is 0 Å². The summed E-state index contributed by atoms with van der Waals surface area (Å²) < 4.78 is 13.0. The van der Waals surface area contributed by atoms with E-state index in [1.54, 1.807) is 6.07 Å². The van der Waals surface area contributed by atoms with Gasteiger partial charge in [0.05, 0.1) is 0 Å². The van der Waals surface area contributed by atoms with E-state index in [2.05, 4.69) is 20.8 Å². The van der Waals surface area contributed by atoms with E-state index in [-0.39, 0.29) is 23.8 Å². The zero-order valence-corrected chi connectivity index (χ0v) is 9.63. The molecule has 1 atom stereocenters. The molecular weight excluding hydrogens is 191 g/mol.